The topological polar surface area (TPSA) is 99.8 Å². The lowest BCUT2D eigenvalue weighted by Gasteiger charge is -2.29. The van der Waals surface area contributed by atoms with Crippen LogP contribution in [0.4, 0.5) is 11.5 Å². The van der Waals surface area contributed by atoms with Gasteiger partial charge in [-0.2, -0.15) is 0 Å². The van der Waals surface area contributed by atoms with Crippen molar-refractivity contribution in [2.45, 2.75) is 39.9 Å². The highest BCUT2D eigenvalue weighted by atomic mass is 16.5. The molecule has 9 heteroatoms. The summed E-state index contributed by atoms with van der Waals surface area (Å²) in [6.07, 6.45) is 0. The summed E-state index contributed by atoms with van der Waals surface area (Å²) in [6.45, 7) is 10.4. The van der Waals surface area contributed by atoms with Crippen molar-refractivity contribution in [3.8, 4) is 5.75 Å². The zero-order valence-corrected chi connectivity index (χ0v) is 20.6. The van der Waals surface area contributed by atoms with Crippen molar-refractivity contribution >= 4 is 28.3 Å². The Morgan fingerprint density at radius 3 is 2.66 bits per heavy atom. The van der Waals surface area contributed by atoms with E-state index in [1.165, 1.54) is 6.07 Å². The number of benzene rings is 1. The van der Waals surface area contributed by atoms with Crippen molar-refractivity contribution in [3.05, 3.63) is 57.0 Å². The van der Waals surface area contributed by atoms with E-state index in [0.29, 0.717) is 60.7 Å². The lowest BCUT2D eigenvalue weighted by molar-refractivity contribution is 0.102. The number of nitrogens with one attached hydrogen (secondary N) is 2. The Kier molecular flexibility index (Phi) is 6.21. The molecule has 2 aliphatic rings. The number of morpholine rings is 1. The number of aromatic nitrogens is 2. The molecule has 2 N–H and O–H groups in total. The number of hydrogen-bond acceptors (Lipinski definition) is 7. The van der Waals surface area contributed by atoms with E-state index in [9.17, 15) is 9.59 Å². The minimum absolute atomic E-state index is 0.195. The second kappa shape index (κ2) is 9.31. The fourth-order valence-corrected chi connectivity index (χ4v) is 4.79. The summed E-state index contributed by atoms with van der Waals surface area (Å²) < 4.78 is 11.0. The van der Waals surface area contributed by atoms with E-state index in [-0.39, 0.29) is 11.5 Å². The minimum Gasteiger partial charge on any atom is -0.494 e. The highest BCUT2D eigenvalue weighted by molar-refractivity contribution is 6.09. The summed E-state index contributed by atoms with van der Waals surface area (Å²) in [7, 11) is 1.54. The first kappa shape index (κ1) is 23.3. The van der Waals surface area contributed by atoms with E-state index in [2.05, 4.69) is 33.9 Å². The van der Waals surface area contributed by atoms with Crippen molar-refractivity contribution in [1.82, 2.24) is 14.9 Å². The fourth-order valence-electron chi connectivity index (χ4n) is 4.79. The van der Waals surface area contributed by atoms with Gasteiger partial charge in [-0.3, -0.25) is 14.5 Å². The number of carbonyl (C=O) groups is 1. The number of aromatic amines is 1. The van der Waals surface area contributed by atoms with Crippen LogP contribution in [0.25, 0.3) is 10.9 Å². The number of carbonyl (C=O) groups excluding carboxylic acids is 1. The average molecular weight is 478 g/mol. The number of anilines is 2. The van der Waals surface area contributed by atoms with Gasteiger partial charge in [0.05, 0.1) is 37.1 Å². The zero-order chi connectivity index (χ0) is 24.7. The monoisotopic (exact) mass is 477 g/mol. The van der Waals surface area contributed by atoms with Crippen LogP contribution in [0.1, 0.15) is 41.0 Å². The molecule has 1 saturated heterocycles. The lowest BCUT2D eigenvalue weighted by atomic mass is 10.1. The molecule has 2 aliphatic heterocycles. The summed E-state index contributed by atoms with van der Waals surface area (Å²) >= 11 is 0. The molecule has 3 aromatic rings. The number of rotatable bonds is 5. The molecule has 0 bridgehead atoms. The quantitative estimate of drug-likeness (QED) is 0.583. The summed E-state index contributed by atoms with van der Waals surface area (Å²) in [5.41, 5.74) is 4.48. The molecule has 4 heterocycles. The van der Waals surface area contributed by atoms with E-state index in [0.717, 1.165) is 35.3 Å². The van der Waals surface area contributed by atoms with Crippen LogP contribution < -0.4 is 20.5 Å². The van der Waals surface area contributed by atoms with Crippen LogP contribution in [0.15, 0.2) is 29.1 Å². The van der Waals surface area contributed by atoms with Crippen LogP contribution in [-0.4, -0.2) is 60.2 Å². The normalized spacial score (nSPS) is 16.1. The first-order valence-corrected chi connectivity index (χ1v) is 12.0. The van der Waals surface area contributed by atoms with Gasteiger partial charge in [0.25, 0.3) is 5.91 Å². The van der Waals surface area contributed by atoms with Gasteiger partial charge >= 0.3 is 0 Å². The van der Waals surface area contributed by atoms with E-state index < -0.39 is 0 Å². The molecule has 1 fully saturated rings. The van der Waals surface area contributed by atoms with Crippen LogP contribution >= 0.6 is 0 Å². The predicted octanol–water partition coefficient (Wildman–Crippen LogP) is 3.05. The van der Waals surface area contributed by atoms with Crippen molar-refractivity contribution in [2.75, 3.05) is 43.6 Å². The van der Waals surface area contributed by atoms with Gasteiger partial charge in [0.1, 0.15) is 11.6 Å². The standard InChI is InChI=1S/C26H31N5O4/c1-15(2)31-13-17-10-20(25(28-21(17)14-31)30-5-7-35-8-6-30)26(33)27-18-11-19-16(3)9-23(32)29-24(19)22(12-18)34-4/h9-12,15H,5-8,13-14H2,1-4H3,(H,27,33)(H,29,32). The Balaban J connectivity index is 1.53. The van der Waals surface area contributed by atoms with Gasteiger partial charge in [-0.15, -0.1) is 0 Å². The van der Waals surface area contributed by atoms with Gasteiger partial charge in [0.2, 0.25) is 5.56 Å². The molecule has 0 radical (unpaired) electrons. The highest BCUT2D eigenvalue weighted by Crippen LogP contribution is 2.32. The molecule has 0 atom stereocenters. The van der Waals surface area contributed by atoms with Gasteiger partial charge in [0, 0.05) is 55.4 Å². The lowest BCUT2D eigenvalue weighted by Crippen LogP contribution is -2.38. The van der Waals surface area contributed by atoms with Crippen LogP contribution in [-0.2, 0) is 17.8 Å². The molecule has 9 nitrogen and oxygen atoms in total. The molecular formula is C26H31N5O4. The van der Waals surface area contributed by atoms with Gasteiger partial charge in [0.15, 0.2) is 0 Å². The van der Waals surface area contributed by atoms with Crippen LogP contribution in [0.5, 0.6) is 5.75 Å². The summed E-state index contributed by atoms with van der Waals surface area (Å²) in [6, 6.07) is 7.51. The van der Waals surface area contributed by atoms with Gasteiger partial charge in [-0.05, 0) is 44.0 Å². The first-order valence-electron chi connectivity index (χ1n) is 12.0. The summed E-state index contributed by atoms with van der Waals surface area (Å²) in [4.78, 5) is 37.9. The maximum atomic E-state index is 13.6. The SMILES string of the molecule is COc1cc(NC(=O)c2cc3c(nc2N2CCOCC2)CN(C(C)C)C3)cc2c(C)cc(=O)[nH]c12. The Morgan fingerprint density at radius 1 is 1.17 bits per heavy atom. The van der Waals surface area contributed by atoms with Crippen molar-refractivity contribution in [3.63, 3.8) is 0 Å². The Bertz CT molecular complexity index is 1340. The van der Waals surface area contributed by atoms with Gasteiger partial charge < -0.3 is 24.7 Å². The van der Waals surface area contributed by atoms with Crippen LogP contribution in [0.2, 0.25) is 0 Å². The number of H-pyrrole nitrogens is 1. The number of aryl methyl sites for hydroxylation is 1. The second-order valence-electron chi connectivity index (χ2n) is 9.44. The molecule has 0 saturated carbocycles. The number of methoxy groups -OCH3 is 1. The summed E-state index contributed by atoms with van der Waals surface area (Å²) in [5, 5.41) is 3.86. The smallest absolute Gasteiger partial charge is 0.259 e. The van der Waals surface area contributed by atoms with Crippen LogP contribution in [0.3, 0.4) is 0 Å². The van der Waals surface area contributed by atoms with E-state index in [1.807, 2.05) is 19.1 Å². The fraction of sp³-hybridized carbons (Fsp3) is 0.423. The minimum atomic E-state index is -0.228. The number of pyridine rings is 2. The van der Waals surface area contributed by atoms with E-state index in [1.54, 1.807) is 13.2 Å². The number of amides is 1. The van der Waals surface area contributed by atoms with E-state index >= 15 is 0 Å². The zero-order valence-electron chi connectivity index (χ0n) is 20.6. The predicted molar refractivity (Wildman–Crippen MR) is 135 cm³/mol. The molecule has 35 heavy (non-hydrogen) atoms. The van der Waals surface area contributed by atoms with Crippen molar-refractivity contribution in [2.24, 2.45) is 0 Å². The van der Waals surface area contributed by atoms with Gasteiger partial charge in [-0.1, -0.05) is 0 Å². The Labute approximate surface area is 204 Å². The second-order valence-corrected chi connectivity index (χ2v) is 9.44. The molecule has 0 aliphatic carbocycles. The number of nitrogens with zero attached hydrogens (tertiary/aromatic N) is 3. The molecule has 184 valence electrons. The Hall–Kier alpha value is -3.43. The van der Waals surface area contributed by atoms with Crippen LogP contribution in [0, 0.1) is 6.92 Å². The number of fused-ring (bicyclic) bond motifs is 2. The number of hydrogen-bond donors (Lipinski definition) is 2. The third-order valence-electron chi connectivity index (χ3n) is 6.78. The maximum Gasteiger partial charge on any atom is 0.259 e. The maximum absolute atomic E-state index is 13.6. The van der Waals surface area contributed by atoms with Gasteiger partial charge in [-0.25, -0.2) is 4.98 Å². The Morgan fingerprint density at radius 2 is 1.94 bits per heavy atom. The summed E-state index contributed by atoms with van der Waals surface area (Å²) in [5.74, 6) is 0.961. The molecule has 5 rings (SSSR count). The average Bonchev–Trinajstić information content (AvgIpc) is 3.27. The van der Waals surface area contributed by atoms with Crippen molar-refractivity contribution < 1.29 is 14.3 Å². The molecule has 2 aromatic heterocycles. The number of ether oxygens (including phenoxy) is 2. The molecule has 0 unspecified atom stereocenters. The first-order chi connectivity index (χ1) is 16.8. The molecular weight excluding hydrogens is 446 g/mol. The molecule has 1 aromatic carbocycles. The molecule has 1 amide bonds. The van der Waals surface area contributed by atoms with E-state index in [4.69, 9.17) is 14.5 Å². The largest absolute Gasteiger partial charge is 0.494 e. The third kappa shape index (κ3) is 4.49. The third-order valence-corrected chi connectivity index (χ3v) is 6.78. The molecule has 0 spiro atoms. The highest BCUT2D eigenvalue weighted by Gasteiger charge is 2.28. The van der Waals surface area contributed by atoms with Crippen molar-refractivity contribution in [1.29, 1.82) is 0 Å².